The lowest BCUT2D eigenvalue weighted by Crippen LogP contribution is -2.16. The number of benzene rings is 1. The smallest absolute Gasteiger partial charge is 0.165 e. The van der Waals surface area contributed by atoms with Gasteiger partial charge in [-0.05, 0) is 51.2 Å². The number of rotatable bonds is 9. The van der Waals surface area contributed by atoms with Gasteiger partial charge in [0.1, 0.15) is 0 Å². The van der Waals surface area contributed by atoms with Gasteiger partial charge in [-0.25, -0.2) is 4.39 Å². The quantitative estimate of drug-likeness (QED) is 0.697. The molecule has 1 N–H and O–H groups in total. The van der Waals surface area contributed by atoms with Gasteiger partial charge in [-0.15, -0.1) is 0 Å². The zero-order chi connectivity index (χ0) is 14.1. The molecule has 1 aromatic carbocycles. The Labute approximate surface area is 115 Å². The molecule has 0 radical (unpaired) electrons. The van der Waals surface area contributed by atoms with Gasteiger partial charge in [0.15, 0.2) is 11.6 Å². The molecule has 0 saturated carbocycles. The Morgan fingerprint density at radius 1 is 1.32 bits per heavy atom. The lowest BCUT2D eigenvalue weighted by molar-refractivity contribution is 0.271. The summed E-state index contributed by atoms with van der Waals surface area (Å²) in [6.45, 7) is 5.25. The number of nitrogens with one attached hydrogen (secondary N) is 1. The molecule has 0 amide bonds. The molecule has 0 fully saturated rings. The molecule has 1 aromatic rings. The van der Waals surface area contributed by atoms with Crippen molar-refractivity contribution in [3.05, 3.63) is 29.6 Å². The molecular formula is C15H25FN2O. The fourth-order valence-corrected chi connectivity index (χ4v) is 1.74. The Kier molecular flexibility index (Phi) is 7.45. The third-order valence-corrected chi connectivity index (χ3v) is 2.76. The van der Waals surface area contributed by atoms with Crippen LogP contribution in [0.4, 0.5) is 4.39 Å². The van der Waals surface area contributed by atoms with Gasteiger partial charge in [0, 0.05) is 13.1 Å². The van der Waals surface area contributed by atoms with Crippen molar-refractivity contribution in [3.63, 3.8) is 0 Å². The first-order chi connectivity index (χ1) is 9.13. The minimum atomic E-state index is -0.277. The third kappa shape index (κ3) is 6.55. The summed E-state index contributed by atoms with van der Waals surface area (Å²) in [6, 6.07) is 5.17. The van der Waals surface area contributed by atoms with E-state index in [1.165, 1.54) is 0 Å². The SMILES string of the molecule is CCCNCc1ccc(OCCCN(C)C)c(F)c1. The van der Waals surface area contributed by atoms with Crippen LogP contribution in [0.2, 0.25) is 0 Å². The Hall–Kier alpha value is -1.13. The molecule has 0 saturated heterocycles. The summed E-state index contributed by atoms with van der Waals surface area (Å²) in [6.07, 6.45) is 1.97. The number of hydrogen-bond donors (Lipinski definition) is 1. The van der Waals surface area contributed by atoms with Crippen molar-refractivity contribution in [3.8, 4) is 5.75 Å². The van der Waals surface area contributed by atoms with Gasteiger partial charge < -0.3 is 15.0 Å². The second-order valence-corrected chi connectivity index (χ2v) is 4.95. The zero-order valence-corrected chi connectivity index (χ0v) is 12.2. The highest BCUT2D eigenvalue weighted by Gasteiger charge is 2.04. The van der Waals surface area contributed by atoms with E-state index in [1.54, 1.807) is 12.1 Å². The predicted molar refractivity (Wildman–Crippen MR) is 77.1 cm³/mol. The fourth-order valence-electron chi connectivity index (χ4n) is 1.74. The molecule has 108 valence electrons. The number of hydrogen-bond acceptors (Lipinski definition) is 3. The first-order valence-corrected chi connectivity index (χ1v) is 6.90. The fraction of sp³-hybridized carbons (Fsp3) is 0.600. The van der Waals surface area contributed by atoms with Crippen LogP contribution < -0.4 is 10.1 Å². The Morgan fingerprint density at radius 3 is 2.74 bits per heavy atom. The molecule has 0 unspecified atom stereocenters. The van der Waals surface area contributed by atoms with Crippen LogP contribution >= 0.6 is 0 Å². The largest absolute Gasteiger partial charge is 0.490 e. The molecule has 0 aromatic heterocycles. The molecule has 0 aliphatic rings. The number of nitrogens with zero attached hydrogens (tertiary/aromatic N) is 1. The van der Waals surface area contributed by atoms with E-state index in [0.29, 0.717) is 18.9 Å². The molecule has 0 atom stereocenters. The van der Waals surface area contributed by atoms with Crippen LogP contribution in [0, 0.1) is 5.82 Å². The van der Waals surface area contributed by atoms with Gasteiger partial charge in [-0.3, -0.25) is 0 Å². The second kappa shape index (κ2) is 8.88. The summed E-state index contributed by atoms with van der Waals surface area (Å²) in [7, 11) is 4.03. The van der Waals surface area contributed by atoms with E-state index in [9.17, 15) is 4.39 Å². The summed E-state index contributed by atoms with van der Waals surface area (Å²) in [5, 5.41) is 3.25. The van der Waals surface area contributed by atoms with Crippen molar-refractivity contribution in [1.82, 2.24) is 10.2 Å². The van der Waals surface area contributed by atoms with Crippen molar-refractivity contribution in [1.29, 1.82) is 0 Å². The van der Waals surface area contributed by atoms with Crippen molar-refractivity contribution in [2.24, 2.45) is 0 Å². The molecule has 0 bridgehead atoms. The molecule has 4 heteroatoms. The molecule has 19 heavy (non-hydrogen) atoms. The highest BCUT2D eigenvalue weighted by Crippen LogP contribution is 2.18. The lowest BCUT2D eigenvalue weighted by atomic mass is 10.2. The van der Waals surface area contributed by atoms with E-state index in [2.05, 4.69) is 17.1 Å². The predicted octanol–water partition coefficient (Wildman–Crippen LogP) is 2.66. The first-order valence-electron chi connectivity index (χ1n) is 6.90. The Morgan fingerprint density at radius 2 is 2.11 bits per heavy atom. The molecule has 0 aliphatic heterocycles. The normalized spacial score (nSPS) is 11.0. The lowest BCUT2D eigenvalue weighted by Gasteiger charge is -2.11. The summed E-state index contributed by atoms with van der Waals surface area (Å²) < 4.78 is 19.2. The maximum Gasteiger partial charge on any atom is 0.165 e. The van der Waals surface area contributed by atoms with Crippen molar-refractivity contribution in [2.75, 3.05) is 33.8 Å². The van der Waals surface area contributed by atoms with Crippen molar-refractivity contribution in [2.45, 2.75) is 26.3 Å². The summed E-state index contributed by atoms with van der Waals surface area (Å²) in [4.78, 5) is 2.09. The molecule has 3 nitrogen and oxygen atoms in total. The maximum atomic E-state index is 13.8. The highest BCUT2D eigenvalue weighted by atomic mass is 19.1. The average Bonchev–Trinajstić information content (AvgIpc) is 2.36. The van der Waals surface area contributed by atoms with E-state index < -0.39 is 0 Å². The molecule has 0 spiro atoms. The minimum Gasteiger partial charge on any atom is -0.490 e. The van der Waals surface area contributed by atoms with Crippen LogP contribution in [-0.2, 0) is 6.54 Å². The van der Waals surface area contributed by atoms with Crippen LogP contribution in [0.15, 0.2) is 18.2 Å². The van der Waals surface area contributed by atoms with Crippen LogP contribution in [-0.4, -0.2) is 38.7 Å². The average molecular weight is 268 g/mol. The summed E-state index contributed by atoms with van der Waals surface area (Å²) in [5.74, 6) is 0.0682. The van der Waals surface area contributed by atoms with Crippen LogP contribution in [0.3, 0.4) is 0 Å². The van der Waals surface area contributed by atoms with Crippen molar-refractivity contribution >= 4 is 0 Å². The third-order valence-electron chi connectivity index (χ3n) is 2.76. The second-order valence-electron chi connectivity index (χ2n) is 4.95. The van der Waals surface area contributed by atoms with Gasteiger partial charge >= 0.3 is 0 Å². The van der Waals surface area contributed by atoms with Crippen LogP contribution in [0.5, 0.6) is 5.75 Å². The highest BCUT2D eigenvalue weighted by molar-refractivity contribution is 5.29. The Balaban J connectivity index is 2.39. The molecule has 1 rings (SSSR count). The van der Waals surface area contributed by atoms with Gasteiger partial charge in [0.25, 0.3) is 0 Å². The first kappa shape index (κ1) is 15.9. The Bertz CT molecular complexity index is 369. The van der Waals surface area contributed by atoms with E-state index in [1.807, 2.05) is 20.2 Å². The molecule has 0 heterocycles. The minimum absolute atomic E-state index is 0.277. The molecular weight excluding hydrogens is 243 g/mol. The number of ether oxygens (including phenoxy) is 1. The maximum absolute atomic E-state index is 13.8. The topological polar surface area (TPSA) is 24.5 Å². The van der Waals surface area contributed by atoms with Gasteiger partial charge in [0.2, 0.25) is 0 Å². The summed E-state index contributed by atoms with van der Waals surface area (Å²) in [5.41, 5.74) is 0.951. The standard InChI is InChI=1S/C15H25FN2O/c1-4-8-17-12-13-6-7-15(14(16)11-13)19-10-5-9-18(2)3/h6-7,11,17H,4-5,8-10,12H2,1-3H3. The molecule has 0 aliphatic carbocycles. The van der Waals surface area contributed by atoms with Gasteiger partial charge in [0.05, 0.1) is 6.61 Å². The van der Waals surface area contributed by atoms with Crippen LogP contribution in [0.25, 0.3) is 0 Å². The monoisotopic (exact) mass is 268 g/mol. The van der Waals surface area contributed by atoms with E-state index in [0.717, 1.165) is 31.5 Å². The van der Waals surface area contributed by atoms with Gasteiger partial charge in [-0.2, -0.15) is 0 Å². The van der Waals surface area contributed by atoms with E-state index in [4.69, 9.17) is 4.74 Å². The summed E-state index contributed by atoms with van der Waals surface area (Å²) >= 11 is 0. The van der Waals surface area contributed by atoms with E-state index >= 15 is 0 Å². The van der Waals surface area contributed by atoms with E-state index in [-0.39, 0.29) is 5.82 Å². The van der Waals surface area contributed by atoms with Crippen LogP contribution in [0.1, 0.15) is 25.3 Å². The van der Waals surface area contributed by atoms with Crippen molar-refractivity contribution < 1.29 is 9.13 Å². The van der Waals surface area contributed by atoms with Gasteiger partial charge in [-0.1, -0.05) is 13.0 Å². The zero-order valence-electron chi connectivity index (χ0n) is 12.2. The number of halogens is 1.